The maximum absolute atomic E-state index is 11.6. The topological polar surface area (TPSA) is 84.9 Å². The van der Waals surface area contributed by atoms with E-state index < -0.39 is 5.91 Å². The van der Waals surface area contributed by atoms with Gasteiger partial charge in [0.2, 0.25) is 5.91 Å². The number of hydrogen-bond acceptors (Lipinski definition) is 5. The smallest absolute Gasteiger partial charge is 0.258 e. The molecule has 22 heavy (non-hydrogen) atoms. The van der Waals surface area contributed by atoms with E-state index in [0.717, 1.165) is 0 Å². The minimum atomic E-state index is -0.419. The van der Waals surface area contributed by atoms with Crippen molar-refractivity contribution in [1.29, 1.82) is 0 Å². The van der Waals surface area contributed by atoms with Gasteiger partial charge in [0.25, 0.3) is 5.91 Å². The number of aldehydes is 1. The number of benzene rings is 1. The number of amides is 2. The number of likely N-dealkylation sites (N-methyl/N-ethyl adjacent to an activating group) is 1. The Morgan fingerprint density at radius 3 is 2.55 bits per heavy atom. The van der Waals surface area contributed by atoms with Gasteiger partial charge in [-0.2, -0.15) is 0 Å². The Kier molecular flexibility index (Phi) is 6.88. The maximum Gasteiger partial charge on any atom is 0.258 e. The Balaban J connectivity index is 2.58. The van der Waals surface area contributed by atoms with Crippen LogP contribution >= 0.6 is 0 Å². The number of carbonyl (C=O) groups is 3. The summed E-state index contributed by atoms with van der Waals surface area (Å²) in [6, 6.07) is 4.67. The molecule has 0 atom stereocenters. The Morgan fingerprint density at radius 1 is 1.23 bits per heavy atom. The van der Waals surface area contributed by atoms with Crippen molar-refractivity contribution in [1.82, 2.24) is 10.2 Å². The molecule has 0 spiro atoms. The molecule has 0 aromatic heterocycles. The minimum absolute atomic E-state index is 0.0857. The third-order valence-electron chi connectivity index (χ3n) is 2.70. The van der Waals surface area contributed by atoms with Gasteiger partial charge in [0.1, 0.15) is 6.29 Å². The van der Waals surface area contributed by atoms with Crippen LogP contribution in [0, 0.1) is 0 Å². The van der Waals surface area contributed by atoms with Crippen LogP contribution in [0.5, 0.6) is 11.5 Å². The van der Waals surface area contributed by atoms with E-state index in [-0.39, 0.29) is 19.1 Å². The molecule has 1 aromatic rings. The number of nitrogens with one attached hydrogen (secondary N) is 1. The van der Waals surface area contributed by atoms with E-state index in [0.29, 0.717) is 30.0 Å². The van der Waals surface area contributed by atoms with E-state index in [1.165, 1.54) is 4.90 Å². The van der Waals surface area contributed by atoms with Crippen LogP contribution in [0.4, 0.5) is 0 Å². The molecule has 0 heterocycles. The summed E-state index contributed by atoms with van der Waals surface area (Å²) in [5.41, 5.74) is 0.455. The van der Waals surface area contributed by atoms with Gasteiger partial charge in [0.05, 0.1) is 13.2 Å². The lowest BCUT2D eigenvalue weighted by Crippen LogP contribution is -2.38. The van der Waals surface area contributed by atoms with Gasteiger partial charge in [-0.05, 0) is 25.1 Å². The van der Waals surface area contributed by atoms with E-state index >= 15 is 0 Å². The van der Waals surface area contributed by atoms with E-state index in [9.17, 15) is 14.4 Å². The molecule has 0 bridgehead atoms. The second-order valence-electron chi connectivity index (χ2n) is 4.61. The average molecular weight is 308 g/mol. The summed E-state index contributed by atoms with van der Waals surface area (Å²) < 4.78 is 10.7. The molecule has 0 aliphatic carbocycles. The fraction of sp³-hybridized carbons (Fsp3) is 0.400. The Hall–Kier alpha value is -2.57. The summed E-state index contributed by atoms with van der Waals surface area (Å²) in [5.74, 6) is 0.126. The molecule has 0 aliphatic heterocycles. The van der Waals surface area contributed by atoms with Gasteiger partial charge in [0, 0.05) is 19.7 Å². The molecule has 0 radical (unpaired) electrons. The van der Waals surface area contributed by atoms with Crippen molar-refractivity contribution in [2.75, 3.05) is 33.9 Å². The fourth-order valence-corrected chi connectivity index (χ4v) is 1.51. The quantitative estimate of drug-likeness (QED) is 0.706. The summed E-state index contributed by atoms with van der Waals surface area (Å²) in [6.45, 7) is 1.87. The van der Waals surface area contributed by atoms with Crippen molar-refractivity contribution in [2.24, 2.45) is 0 Å². The molecule has 7 nitrogen and oxygen atoms in total. The molecule has 0 unspecified atom stereocenters. The zero-order chi connectivity index (χ0) is 16.5. The van der Waals surface area contributed by atoms with Gasteiger partial charge in [-0.3, -0.25) is 14.4 Å². The molecule has 7 heteroatoms. The van der Waals surface area contributed by atoms with Crippen LogP contribution < -0.4 is 14.8 Å². The minimum Gasteiger partial charge on any atom is -0.490 e. The van der Waals surface area contributed by atoms with Gasteiger partial charge in [-0.1, -0.05) is 0 Å². The Bertz CT molecular complexity index is 543. The zero-order valence-electron chi connectivity index (χ0n) is 12.9. The molecule has 0 aliphatic rings. The SMILES string of the molecule is CCOc1cc(C=O)ccc1OCC(=O)NCC(=O)N(C)C. The first-order valence-electron chi connectivity index (χ1n) is 6.79. The molecule has 0 fully saturated rings. The van der Waals surface area contributed by atoms with Crippen molar-refractivity contribution in [3.8, 4) is 11.5 Å². The molecule has 1 N–H and O–H groups in total. The third-order valence-corrected chi connectivity index (χ3v) is 2.70. The van der Waals surface area contributed by atoms with E-state index in [4.69, 9.17) is 9.47 Å². The van der Waals surface area contributed by atoms with Gasteiger partial charge < -0.3 is 19.7 Å². The van der Waals surface area contributed by atoms with Gasteiger partial charge in [-0.25, -0.2) is 0 Å². The maximum atomic E-state index is 11.6. The van der Waals surface area contributed by atoms with E-state index in [2.05, 4.69) is 5.32 Å². The average Bonchev–Trinajstić information content (AvgIpc) is 2.51. The highest BCUT2D eigenvalue weighted by Gasteiger charge is 2.10. The normalized spacial score (nSPS) is 9.77. The number of carbonyl (C=O) groups excluding carboxylic acids is 3. The monoisotopic (exact) mass is 308 g/mol. The third kappa shape index (κ3) is 5.43. The van der Waals surface area contributed by atoms with Crippen LogP contribution in [0.1, 0.15) is 17.3 Å². The lowest BCUT2D eigenvalue weighted by atomic mass is 10.2. The highest BCUT2D eigenvalue weighted by atomic mass is 16.5. The summed E-state index contributed by atoms with van der Waals surface area (Å²) in [7, 11) is 3.21. The molecular formula is C15H20N2O5. The molecule has 2 amide bonds. The van der Waals surface area contributed by atoms with Crippen LogP contribution in [0.15, 0.2) is 18.2 Å². The van der Waals surface area contributed by atoms with Crippen molar-refractivity contribution in [2.45, 2.75) is 6.92 Å². The van der Waals surface area contributed by atoms with E-state index in [1.54, 1.807) is 39.2 Å². The Morgan fingerprint density at radius 2 is 1.95 bits per heavy atom. The fourth-order valence-electron chi connectivity index (χ4n) is 1.51. The highest BCUT2D eigenvalue weighted by molar-refractivity contribution is 5.85. The molecule has 1 aromatic carbocycles. The lowest BCUT2D eigenvalue weighted by molar-refractivity contribution is -0.131. The van der Waals surface area contributed by atoms with Crippen molar-refractivity contribution in [3.05, 3.63) is 23.8 Å². The number of hydrogen-bond donors (Lipinski definition) is 1. The second kappa shape index (κ2) is 8.66. The number of rotatable bonds is 8. The van der Waals surface area contributed by atoms with Crippen molar-refractivity contribution in [3.63, 3.8) is 0 Å². The van der Waals surface area contributed by atoms with Crippen LogP contribution in [-0.2, 0) is 9.59 Å². The first kappa shape index (κ1) is 17.5. The summed E-state index contributed by atoms with van der Waals surface area (Å²) in [4.78, 5) is 35.1. The first-order chi connectivity index (χ1) is 10.5. The molecule has 1 rings (SSSR count). The first-order valence-corrected chi connectivity index (χ1v) is 6.79. The Labute approximate surface area is 129 Å². The summed E-state index contributed by atoms with van der Waals surface area (Å²) in [6.07, 6.45) is 0.700. The number of nitrogens with zero attached hydrogens (tertiary/aromatic N) is 1. The van der Waals surface area contributed by atoms with Crippen molar-refractivity contribution >= 4 is 18.1 Å². The summed E-state index contributed by atoms with van der Waals surface area (Å²) in [5, 5.41) is 2.46. The second-order valence-corrected chi connectivity index (χ2v) is 4.61. The van der Waals surface area contributed by atoms with Gasteiger partial charge in [0.15, 0.2) is 18.1 Å². The van der Waals surface area contributed by atoms with Crippen LogP contribution in [0.2, 0.25) is 0 Å². The van der Waals surface area contributed by atoms with Gasteiger partial charge in [-0.15, -0.1) is 0 Å². The van der Waals surface area contributed by atoms with E-state index in [1.807, 2.05) is 0 Å². The van der Waals surface area contributed by atoms with Crippen molar-refractivity contribution < 1.29 is 23.9 Å². The zero-order valence-corrected chi connectivity index (χ0v) is 12.9. The van der Waals surface area contributed by atoms with Crippen LogP contribution in [0.25, 0.3) is 0 Å². The predicted octanol–water partition coefficient (Wildman–Crippen LogP) is 0.481. The number of ether oxygens (including phenoxy) is 2. The van der Waals surface area contributed by atoms with Gasteiger partial charge >= 0.3 is 0 Å². The standard InChI is InChI=1S/C15H20N2O5/c1-4-21-13-7-11(9-18)5-6-12(13)22-10-14(19)16-8-15(20)17(2)3/h5-7,9H,4,8,10H2,1-3H3,(H,16,19). The molecular weight excluding hydrogens is 288 g/mol. The lowest BCUT2D eigenvalue weighted by Gasteiger charge is -2.13. The molecule has 0 saturated heterocycles. The summed E-state index contributed by atoms with van der Waals surface area (Å²) >= 11 is 0. The molecule has 0 saturated carbocycles. The molecule has 120 valence electrons. The largest absolute Gasteiger partial charge is 0.490 e. The van der Waals surface area contributed by atoms with Crippen LogP contribution in [0.3, 0.4) is 0 Å². The van der Waals surface area contributed by atoms with Crippen LogP contribution in [-0.4, -0.2) is 56.9 Å². The predicted molar refractivity (Wildman–Crippen MR) is 80.2 cm³/mol. The highest BCUT2D eigenvalue weighted by Crippen LogP contribution is 2.27.